The number of para-hydroxylation sites is 1. The van der Waals surface area contributed by atoms with Crippen LogP contribution < -0.4 is 10.1 Å². The van der Waals surface area contributed by atoms with Gasteiger partial charge in [-0.25, -0.2) is 0 Å². The fourth-order valence-corrected chi connectivity index (χ4v) is 4.49. The van der Waals surface area contributed by atoms with Gasteiger partial charge in [0.15, 0.2) is 5.17 Å². The Morgan fingerprint density at radius 1 is 1.22 bits per heavy atom. The van der Waals surface area contributed by atoms with Crippen molar-refractivity contribution in [1.29, 1.82) is 0 Å². The molecule has 0 bridgehead atoms. The highest BCUT2D eigenvalue weighted by molar-refractivity contribution is 8.14. The SMILES string of the molecule is CC1CN=C(NC(=O)C(C)(C)[C@H]2c3ccccc3Oc3cc(O)ccc32)S1. The first-order chi connectivity index (χ1) is 12.9. The smallest absolute Gasteiger partial charge is 0.232 e. The molecule has 0 spiro atoms. The number of aliphatic imine (C=N–C) groups is 1. The van der Waals surface area contributed by atoms with E-state index in [1.807, 2.05) is 44.2 Å². The number of phenols is 1. The maximum Gasteiger partial charge on any atom is 0.232 e. The molecule has 2 N–H and O–H groups in total. The number of amidine groups is 1. The Morgan fingerprint density at radius 3 is 2.70 bits per heavy atom. The molecular weight excluding hydrogens is 360 g/mol. The number of hydrogen-bond donors (Lipinski definition) is 2. The van der Waals surface area contributed by atoms with E-state index in [1.54, 1.807) is 23.9 Å². The monoisotopic (exact) mass is 382 g/mol. The molecule has 0 aromatic heterocycles. The molecule has 0 radical (unpaired) electrons. The summed E-state index contributed by atoms with van der Waals surface area (Å²) in [6.45, 7) is 6.70. The minimum atomic E-state index is -0.749. The minimum absolute atomic E-state index is 0.0800. The number of aromatic hydroxyl groups is 1. The zero-order valence-electron chi connectivity index (χ0n) is 15.5. The van der Waals surface area contributed by atoms with Gasteiger partial charge in [0.2, 0.25) is 5.91 Å². The van der Waals surface area contributed by atoms with Crippen LogP contribution in [0, 0.1) is 5.41 Å². The summed E-state index contributed by atoms with van der Waals surface area (Å²) in [4.78, 5) is 17.6. The second-order valence-corrected chi connectivity index (χ2v) is 8.97. The van der Waals surface area contributed by atoms with Gasteiger partial charge in [-0.05, 0) is 12.1 Å². The quantitative estimate of drug-likeness (QED) is 0.814. The fraction of sp³-hybridized carbons (Fsp3) is 0.333. The molecule has 2 aliphatic rings. The lowest BCUT2D eigenvalue weighted by Gasteiger charge is -2.38. The zero-order chi connectivity index (χ0) is 19.2. The predicted octanol–water partition coefficient (Wildman–Crippen LogP) is 4.26. The Hall–Kier alpha value is -2.47. The van der Waals surface area contributed by atoms with Gasteiger partial charge < -0.3 is 15.2 Å². The molecule has 6 heteroatoms. The number of thioether (sulfide) groups is 1. The number of carbonyl (C=O) groups is 1. The molecule has 1 unspecified atom stereocenters. The standard InChI is InChI=1S/C21H22N2O3S/c1-12-11-22-20(27-12)23-19(25)21(2,3)18-14-6-4-5-7-16(14)26-17-10-13(24)8-9-15(17)18/h4-10,12,18,24H,11H2,1-3H3,(H,22,23,25)/t12?,18-/m0/s1. The van der Waals surface area contributed by atoms with Crippen LogP contribution in [0.15, 0.2) is 47.5 Å². The molecule has 140 valence electrons. The van der Waals surface area contributed by atoms with Gasteiger partial charge in [0.25, 0.3) is 0 Å². The van der Waals surface area contributed by atoms with Gasteiger partial charge in [0.1, 0.15) is 17.2 Å². The molecule has 2 aliphatic heterocycles. The number of ether oxygens (including phenoxy) is 1. The van der Waals surface area contributed by atoms with Gasteiger partial charge in [-0.1, -0.05) is 56.8 Å². The largest absolute Gasteiger partial charge is 0.508 e. The maximum atomic E-state index is 13.2. The van der Waals surface area contributed by atoms with Crippen molar-refractivity contribution in [3.05, 3.63) is 53.6 Å². The van der Waals surface area contributed by atoms with Gasteiger partial charge in [0, 0.05) is 28.4 Å². The molecule has 2 heterocycles. The average molecular weight is 382 g/mol. The number of nitrogens with one attached hydrogen (secondary N) is 1. The molecule has 1 amide bonds. The molecule has 2 aromatic rings. The molecular formula is C21H22N2O3S. The number of amides is 1. The van der Waals surface area contributed by atoms with E-state index < -0.39 is 5.41 Å². The Balaban J connectivity index is 1.74. The van der Waals surface area contributed by atoms with Crippen molar-refractivity contribution in [2.45, 2.75) is 31.9 Å². The number of hydrogen-bond acceptors (Lipinski definition) is 5. The number of carbonyl (C=O) groups excluding carboxylic acids is 1. The molecule has 0 aliphatic carbocycles. The van der Waals surface area contributed by atoms with Crippen molar-refractivity contribution < 1.29 is 14.6 Å². The number of fused-ring (bicyclic) bond motifs is 2. The van der Waals surface area contributed by atoms with Gasteiger partial charge in [0.05, 0.1) is 12.0 Å². The Bertz CT molecular complexity index is 939. The number of phenolic OH excluding ortho intramolecular Hbond substituents is 1. The topological polar surface area (TPSA) is 70.9 Å². The van der Waals surface area contributed by atoms with Crippen LogP contribution in [0.4, 0.5) is 0 Å². The Kier molecular flexibility index (Phi) is 4.38. The van der Waals surface area contributed by atoms with Crippen LogP contribution in [0.5, 0.6) is 17.2 Å². The summed E-state index contributed by atoms with van der Waals surface area (Å²) in [7, 11) is 0. The lowest BCUT2D eigenvalue weighted by molar-refractivity contribution is -0.128. The Morgan fingerprint density at radius 2 is 1.96 bits per heavy atom. The predicted molar refractivity (Wildman–Crippen MR) is 108 cm³/mol. The summed E-state index contributed by atoms with van der Waals surface area (Å²) in [6.07, 6.45) is 0. The number of rotatable bonds is 2. The van der Waals surface area contributed by atoms with Gasteiger partial charge in [-0.3, -0.25) is 9.79 Å². The summed E-state index contributed by atoms with van der Waals surface area (Å²) in [5.41, 5.74) is 1.10. The molecule has 27 heavy (non-hydrogen) atoms. The highest BCUT2D eigenvalue weighted by atomic mass is 32.2. The second kappa shape index (κ2) is 6.60. The molecule has 0 saturated heterocycles. The molecule has 4 rings (SSSR count). The van der Waals surface area contributed by atoms with Crippen molar-refractivity contribution in [2.24, 2.45) is 10.4 Å². The first-order valence-corrected chi connectivity index (χ1v) is 9.86. The lowest BCUT2D eigenvalue weighted by Crippen LogP contribution is -2.43. The van der Waals surface area contributed by atoms with Crippen LogP contribution in [0.3, 0.4) is 0 Å². The summed E-state index contributed by atoms with van der Waals surface area (Å²) < 4.78 is 5.99. The zero-order valence-corrected chi connectivity index (χ0v) is 16.3. The summed E-state index contributed by atoms with van der Waals surface area (Å²) >= 11 is 1.59. The van der Waals surface area contributed by atoms with Crippen molar-refractivity contribution in [1.82, 2.24) is 5.32 Å². The maximum absolute atomic E-state index is 13.2. The van der Waals surface area contributed by atoms with Crippen molar-refractivity contribution in [2.75, 3.05) is 6.54 Å². The summed E-state index contributed by atoms with van der Waals surface area (Å²) in [5, 5.41) is 13.9. The second-order valence-electron chi connectivity index (χ2n) is 7.55. The van der Waals surface area contributed by atoms with E-state index in [1.165, 1.54) is 0 Å². The van der Waals surface area contributed by atoms with E-state index in [4.69, 9.17) is 4.74 Å². The third-order valence-corrected chi connectivity index (χ3v) is 6.10. The highest BCUT2D eigenvalue weighted by Crippen LogP contribution is 2.52. The normalized spacial score (nSPS) is 20.9. The van der Waals surface area contributed by atoms with Crippen LogP contribution in [0.1, 0.15) is 37.8 Å². The summed E-state index contributed by atoms with van der Waals surface area (Å²) in [5.74, 6) is 1.15. The van der Waals surface area contributed by atoms with Gasteiger partial charge in [-0.15, -0.1) is 0 Å². The van der Waals surface area contributed by atoms with Crippen LogP contribution in [-0.4, -0.2) is 28.0 Å². The van der Waals surface area contributed by atoms with E-state index in [0.29, 0.717) is 21.9 Å². The third-order valence-electron chi connectivity index (χ3n) is 5.09. The third kappa shape index (κ3) is 3.18. The van der Waals surface area contributed by atoms with Crippen LogP contribution in [0.25, 0.3) is 0 Å². The van der Waals surface area contributed by atoms with Crippen molar-refractivity contribution in [3.63, 3.8) is 0 Å². The van der Waals surface area contributed by atoms with Crippen LogP contribution in [-0.2, 0) is 4.79 Å². The van der Waals surface area contributed by atoms with E-state index in [9.17, 15) is 9.90 Å². The summed E-state index contributed by atoms with van der Waals surface area (Å²) in [6, 6.07) is 12.8. The highest BCUT2D eigenvalue weighted by Gasteiger charge is 2.44. The first kappa shape index (κ1) is 17.9. The Labute approximate surface area is 162 Å². The van der Waals surface area contributed by atoms with Crippen molar-refractivity contribution in [3.8, 4) is 17.2 Å². The fourth-order valence-electron chi connectivity index (χ4n) is 3.66. The van der Waals surface area contributed by atoms with E-state index in [2.05, 4.69) is 17.2 Å². The minimum Gasteiger partial charge on any atom is -0.508 e. The van der Waals surface area contributed by atoms with Gasteiger partial charge in [-0.2, -0.15) is 0 Å². The molecule has 2 aromatic carbocycles. The molecule has 0 fully saturated rings. The van der Waals surface area contributed by atoms with Crippen molar-refractivity contribution >= 4 is 22.8 Å². The molecule has 5 nitrogen and oxygen atoms in total. The van der Waals surface area contributed by atoms with Crippen LogP contribution >= 0.6 is 11.8 Å². The molecule has 2 atom stereocenters. The first-order valence-electron chi connectivity index (χ1n) is 8.98. The lowest BCUT2D eigenvalue weighted by atomic mass is 9.69. The van der Waals surface area contributed by atoms with E-state index in [-0.39, 0.29) is 17.6 Å². The number of nitrogens with zero attached hydrogens (tertiary/aromatic N) is 1. The van der Waals surface area contributed by atoms with Crippen LogP contribution in [0.2, 0.25) is 0 Å². The molecule has 0 saturated carbocycles. The average Bonchev–Trinajstić information content (AvgIpc) is 3.04. The number of benzene rings is 2. The van der Waals surface area contributed by atoms with E-state index in [0.717, 1.165) is 17.7 Å². The van der Waals surface area contributed by atoms with Gasteiger partial charge >= 0.3 is 0 Å². The van der Waals surface area contributed by atoms with E-state index >= 15 is 0 Å².